The van der Waals surface area contributed by atoms with E-state index >= 15 is 0 Å². The van der Waals surface area contributed by atoms with Crippen LogP contribution in [0, 0.1) is 6.92 Å². The van der Waals surface area contributed by atoms with Crippen molar-refractivity contribution in [3.8, 4) is 0 Å². The van der Waals surface area contributed by atoms with Gasteiger partial charge in [-0.15, -0.1) is 0 Å². The molecule has 2 atom stereocenters. The van der Waals surface area contributed by atoms with Crippen LogP contribution in [0.15, 0.2) is 48.5 Å². The Bertz CT molecular complexity index is 553. The number of rotatable bonds is 5. The number of aliphatic hydroxyl groups excluding tert-OH is 1. The molecule has 2 aromatic carbocycles. The molecule has 0 amide bonds. The molecule has 0 aliphatic rings. The van der Waals surface area contributed by atoms with E-state index in [0.29, 0.717) is 11.6 Å². The second kappa shape index (κ2) is 6.89. The molecule has 0 fully saturated rings. The fourth-order valence-corrected chi connectivity index (χ4v) is 2.38. The number of hydrogen-bond donors (Lipinski definition) is 2. The maximum absolute atomic E-state index is 10.2. The zero-order valence-electron chi connectivity index (χ0n) is 11.8. The van der Waals surface area contributed by atoms with Gasteiger partial charge in [0.25, 0.3) is 0 Å². The number of hydrogen-bond acceptors (Lipinski definition) is 2. The fraction of sp³-hybridized carbons (Fsp3) is 0.294. The van der Waals surface area contributed by atoms with E-state index in [1.165, 1.54) is 11.1 Å². The first kappa shape index (κ1) is 15.0. The molecular formula is C17H20ClNO. The van der Waals surface area contributed by atoms with Gasteiger partial charge in [0, 0.05) is 23.2 Å². The first-order chi connectivity index (χ1) is 9.58. The minimum absolute atomic E-state index is 0.188. The molecule has 20 heavy (non-hydrogen) atoms. The molecule has 0 aliphatic carbocycles. The molecule has 0 radical (unpaired) electrons. The summed E-state index contributed by atoms with van der Waals surface area (Å²) in [7, 11) is 0. The lowest BCUT2D eigenvalue weighted by Gasteiger charge is -2.18. The third-order valence-electron chi connectivity index (χ3n) is 3.46. The lowest BCUT2D eigenvalue weighted by Crippen LogP contribution is -2.24. The van der Waals surface area contributed by atoms with Crippen LogP contribution in [0.4, 0.5) is 0 Å². The van der Waals surface area contributed by atoms with Gasteiger partial charge in [0.05, 0.1) is 6.10 Å². The monoisotopic (exact) mass is 289 g/mol. The summed E-state index contributed by atoms with van der Waals surface area (Å²) in [4.78, 5) is 0. The third-order valence-corrected chi connectivity index (χ3v) is 3.80. The maximum atomic E-state index is 10.2. The zero-order chi connectivity index (χ0) is 14.5. The first-order valence-electron chi connectivity index (χ1n) is 6.80. The van der Waals surface area contributed by atoms with Crippen LogP contribution in [-0.4, -0.2) is 11.7 Å². The highest BCUT2D eigenvalue weighted by Gasteiger charge is 2.12. The zero-order valence-corrected chi connectivity index (χ0v) is 12.6. The van der Waals surface area contributed by atoms with E-state index in [1.807, 2.05) is 18.2 Å². The molecule has 0 saturated heterocycles. The number of nitrogens with one attached hydrogen (secondary N) is 1. The van der Waals surface area contributed by atoms with Crippen LogP contribution in [0.1, 0.15) is 35.8 Å². The van der Waals surface area contributed by atoms with Crippen molar-refractivity contribution in [2.24, 2.45) is 0 Å². The summed E-state index contributed by atoms with van der Waals surface area (Å²) in [6.07, 6.45) is -0.600. The van der Waals surface area contributed by atoms with Crippen molar-refractivity contribution in [2.75, 3.05) is 6.54 Å². The van der Waals surface area contributed by atoms with Gasteiger partial charge in [-0.05, 0) is 25.5 Å². The lowest BCUT2D eigenvalue weighted by molar-refractivity contribution is 0.171. The predicted molar refractivity (Wildman–Crippen MR) is 84.0 cm³/mol. The van der Waals surface area contributed by atoms with Crippen molar-refractivity contribution in [1.82, 2.24) is 5.32 Å². The largest absolute Gasteiger partial charge is 0.387 e. The van der Waals surface area contributed by atoms with Crippen molar-refractivity contribution in [2.45, 2.75) is 26.0 Å². The third kappa shape index (κ3) is 3.83. The lowest BCUT2D eigenvalue weighted by atomic mass is 10.1. The second-order valence-corrected chi connectivity index (χ2v) is 5.49. The Kier molecular flexibility index (Phi) is 5.18. The van der Waals surface area contributed by atoms with Crippen LogP contribution in [0.25, 0.3) is 0 Å². The number of aryl methyl sites for hydroxylation is 1. The Morgan fingerprint density at radius 3 is 2.40 bits per heavy atom. The topological polar surface area (TPSA) is 32.3 Å². The van der Waals surface area contributed by atoms with Crippen LogP contribution in [0.2, 0.25) is 5.02 Å². The first-order valence-corrected chi connectivity index (χ1v) is 7.18. The molecular weight excluding hydrogens is 270 g/mol. The molecule has 2 unspecified atom stereocenters. The van der Waals surface area contributed by atoms with Gasteiger partial charge < -0.3 is 10.4 Å². The van der Waals surface area contributed by atoms with Crippen molar-refractivity contribution < 1.29 is 5.11 Å². The van der Waals surface area contributed by atoms with Crippen LogP contribution < -0.4 is 5.32 Å². The van der Waals surface area contributed by atoms with Crippen molar-refractivity contribution in [1.29, 1.82) is 0 Å². The summed E-state index contributed by atoms with van der Waals surface area (Å²) in [6, 6.07) is 16.0. The highest BCUT2D eigenvalue weighted by Crippen LogP contribution is 2.22. The number of benzene rings is 2. The summed E-state index contributed by atoms with van der Waals surface area (Å²) in [5, 5.41) is 14.1. The van der Waals surface area contributed by atoms with Crippen molar-refractivity contribution in [3.05, 3.63) is 70.2 Å². The molecule has 0 bridgehead atoms. The molecule has 2 aromatic rings. The van der Waals surface area contributed by atoms with Crippen LogP contribution in [0.5, 0.6) is 0 Å². The molecule has 0 aliphatic heterocycles. The smallest absolute Gasteiger partial charge is 0.0928 e. The highest BCUT2D eigenvalue weighted by molar-refractivity contribution is 6.31. The standard InChI is InChI=1S/C17H20ClNO/c1-12-7-9-14(10-8-12)13(2)19-11-17(20)15-5-3-4-6-16(15)18/h3-10,13,17,19-20H,11H2,1-2H3. The van der Waals surface area contributed by atoms with Gasteiger partial charge in [-0.2, -0.15) is 0 Å². The van der Waals surface area contributed by atoms with Crippen LogP contribution in [0.3, 0.4) is 0 Å². The Balaban J connectivity index is 1.95. The van der Waals surface area contributed by atoms with Gasteiger partial charge >= 0.3 is 0 Å². The Morgan fingerprint density at radius 2 is 1.75 bits per heavy atom. The Labute approximate surface area is 125 Å². The predicted octanol–water partition coefficient (Wildman–Crippen LogP) is 4.03. The summed E-state index contributed by atoms with van der Waals surface area (Å²) < 4.78 is 0. The van der Waals surface area contributed by atoms with Crippen molar-refractivity contribution >= 4 is 11.6 Å². The Hall–Kier alpha value is -1.35. The minimum atomic E-state index is -0.600. The van der Waals surface area contributed by atoms with Gasteiger partial charge in [0.2, 0.25) is 0 Å². The SMILES string of the molecule is Cc1ccc(C(C)NCC(O)c2ccccc2Cl)cc1. The molecule has 106 valence electrons. The molecule has 3 heteroatoms. The van der Waals surface area contributed by atoms with Gasteiger partial charge in [-0.25, -0.2) is 0 Å². The van der Waals surface area contributed by atoms with Crippen LogP contribution >= 0.6 is 11.6 Å². The minimum Gasteiger partial charge on any atom is -0.387 e. The van der Waals surface area contributed by atoms with E-state index in [4.69, 9.17) is 11.6 Å². The highest BCUT2D eigenvalue weighted by atomic mass is 35.5. The average molecular weight is 290 g/mol. The van der Waals surface area contributed by atoms with Gasteiger partial charge in [0.15, 0.2) is 0 Å². The molecule has 0 saturated carbocycles. The van der Waals surface area contributed by atoms with E-state index in [-0.39, 0.29) is 6.04 Å². The Morgan fingerprint density at radius 1 is 1.10 bits per heavy atom. The summed E-state index contributed by atoms with van der Waals surface area (Å²) in [6.45, 7) is 4.63. The summed E-state index contributed by atoms with van der Waals surface area (Å²) in [5.41, 5.74) is 3.22. The van der Waals surface area contributed by atoms with E-state index in [0.717, 1.165) is 5.56 Å². The van der Waals surface area contributed by atoms with Crippen LogP contribution in [-0.2, 0) is 0 Å². The molecule has 2 nitrogen and oxygen atoms in total. The van der Waals surface area contributed by atoms with Gasteiger partial charge in [0.1, 0.15) is 0 Å². The average Bonchev–Trinajstić information content (AvgIpc) is 2.45. The normalized spacial score (nSPS) is 14.0. The second-order valence-electron chi connectivity index (χ2n) is 5.08. The van der Waals surface area contributed by atoms with E-state index in [9.17, 15) is 5.11 Å². The van der Waals surface area contributed by atoms with E-state index < -0.39 is 6.10 Å². The van der Waals surface area contributed by atoms with Crippen molar-refractivity contribution in [3.63, 3.8) is 0 Å². The van der Waals surface area contributed by atoms with E-state index in [1.54, 1.807) is 6.07 Å². The molecule has 2 N–H and O–H groups in total. The van der Waals surface area contributed by atoms with E-state index in [2.05, 4.69) is 43.4 Å². The molecule has 0 spiro atoms. The molecule has 2 rings (SSSR count). The molecule has 0 aromatic heterocycles. The van der Waals surface area contributed by atoms with Gasteiger partial charge in [-0.1, -0.05) is 59.6 Å². The summed E-state index contributed by atoms with van der Waals surface area (Å²) in [5.74, 6) is 0. The summed E-state index contributed by atoms with van der Waals surface area (Å²) >= 11 is 6.08. The number of aliphatic hydroxyl groups is 1. The molecule has 0 heterocycles. The number of halogens is 1. The quantitative estimate of drug-likeness (QED) is 0.871. The maximum Gasteiger partial charge on any atom is 0.0928 e. The fourth-order valence-electron chi connectivity index (χ4n) is 2.12. The van der Waals surface area contributed by atoms with Gasteiger partial charge in [-0.3, -0.25) is 0 Å².